The summed E-state index contributed by atoms with van der Waals surface area (Å²) in [6.07, 6.45) is 5.89. The van der Waals surface area contributed by atoms with E-state index in [1.165, 1.54) is 45.3 Å². The molecular weight excluding hydrogens is 200 g/mol. The monoisotopic (exact) mass is 226 g/mol. The molecule has 0 bridgehead atoms. The lowest BCUT2D eigenvalue weighted by molar-refractivity contribution is 0.00521. The van der Waals surface area contributed by atoms with Crippen molar-refractivity contribution in [2.24, 2.45) is 5.92 Å². The fourth-order valence-corrected chi connectivity index (χ4v) is 3.20. The standard InChI is InChI=1S/C13H26N2O/c1-11-9-15(8-7-14-11)10-12-5-3-4-6-13(12)16-2/h11-14H,3-10H2,1-2H3. The summed E-state index contributed by atoms with van der Waals surface area (Å²) in [6, 6.07) is 0.651. The molecule has 0 aromatic rings. The zero-order valence-corrected chi connectivity index (χ0v) is 10.7. The number of piperazine rings is 1. The minimum absolute atomic E-state index is 0.513. The largest absolute Gasteiger partial charge is 0.381 e. The quantitative estimate of drug-likeness (QED) is 0.789. The molecule has 2 aliphatic rings. The highest BCUT2D eigenvalue weighted by molar-refractivity contribution is 4.82. The van der Waals surface area contributed by atoms with Gasteiger partial charge in [0.05, 0.1) is 6.10 Å². The van der Waals surface area contributed by atoms with Gasteiger partial charge in [0.1, 0.15) is 0 Å². The molecule has 3 heteroatoms. The predicted molar refractivity (Wildman–Crippen MR) is 66.7 cm³/mol. The van der Waals surface area contributed by atoms with Crippen LogP contribution in [0.25, 0.3) is 0 Å². The molecule has 1 aliphatic carbocycles. The van der Waals surface area contributed by atoms with Crippen LogP contribution in [0.4, 0.5) is 0 Å². The number of nitrogens with one attached hydrogen (secondary N) is 1. The molecule has 1 N–H and O–H groups in total. The topological polar surface area (TPSA) is 24.5 Å². The molecule has 1 saturated heterocycles. The summed E-state index contributed by atoms with van der Waals surface area (Å²) in [5.74, 6) is 0.768. The summed E-state index contributed by atoms with van der Waals surface area (Å²) in [5.41, 5.74) is 0. The van der Waals surface area contributed by atoms with Gasteiger partial charge in [-0.3, -0.25) is 0 Å². The molecule has 2 fully saturated rings. The van der Waals surface area contributed by atoms with Crippen molar-refractivity contribution >= 4 is 0 Å². The highest BCUT2D eigenvalue weighted by Crippen LogP contribution is 2.27. The number of hydrogen-bond acceptors (Lipinski definition) is 3. The maximum absolute atomic E-state index is 5.63. The molecule has 3 atom stereocenters. The second kappa shape index (κ2) is 5.99. The number of nitrogens with zero attached hydrogens (tertiary/aromatic N) is 1. The summed E-state index contributed by atoms with van der Waals surface area (Å²) in [5, 5.41) is 3.50. The summed E-state index contributed by atoms with van der Waals surface area (Å²) >= 11 is 0. The van der Waals surface area contributed by atoms with Crippen LogP contribution < -0.4 is 5.32 Å². The number of hydrogen-bond donors (Lipinski definition) is 1. The Morgan fingerprint density at radius 1 is 1.31 bits per heavy atom. The Labute approximate surface area is 99.5 Å². The van der Waals surface area contributed by atoms with Crippen molar-refractivity contribution < 1.29 is 4.74 Å². The van der Waals surface area contributed by atoms with Crippen LogP contribution in [0.1, 0.15) is 32.6 Å². The van der Waals surface area contributed by atoms with Gasteiger partial charge in [-0.05, 0) is 25.7 Å². The van der Waals surface area contributed by atoms with Gasteiger partial charge < -0.3 is 15.0 Å². The molecule has 2 rings (SSSR count). The SMILES string of the molecule is COC1CCCCC1CN1CCNC(C)C1. The van der Waals surface area contributed by atoms with Crippen LogP contribution in [0.15, 0.2) is 0 Å². The Hall–Kier alpha value is -0.120. The molecule has 3 unspecified atom stereocenters. The zero-order chi connectivity index (χ0) is 11.4. The molecule has 0 aromatic heterocycles. The minimum atomic E-state index is 0.513. The lowest BCUT2D eigenvalue weighted by atomic mass is 9.86. The maximum Gasteiger partial charge on any atom is 0.0611 e. The van der Waals surface area contributed by atoms with Crippen LogP contribution in [0.2, 0.25) is 0 Å². The normalized spacial score (nSPS) is 37.5. The number of methoxy groups -OCH3 is 1. The summed E-state index contributed by atoms with van der Waals surface area (Å²) in [7, 11) is 1.88. The second-order valence-corrected chi connectivity index (χ2v) is 5.43. The van der Waals surface area contributed by atoms with Gasteiger partial charge in [0.25, 0.3) is 0 Å². The average molecular weight is 226 g/mol. The Morgan fingerprint density at radius 3 is 2.88 bits per heavy atom. The van der Waals surface area contributed by atoms with E-state index in [9.17, 15) is 0 Å². The van der Waals surface area contributed by atoms with E-state index in [0.717, 1.165) is 12.5 Å². The van der Waals surface area contributed by atoms with Crippen LogP contribution in [0.5, 0.6) is 0 Å². The van der Waals surface area contributed by atoms with Gasteiger partial charge in [0.15, 0.2) is 0 Å². The van der Waals surface area contributed by atoms with Gasteiger partial charge in [-0.1, -0.05) is 12.8 Å². The molecule has 1 heterocycles. The van der Waals surface area contributed by atoms with Gasteiger partial charge in [0, 0.05) is 39.3 Å². The Bertz CT molecular complexity index is 210. The minimum Gasteiger partial charge on any atom is -0.381 e. The smallest absolute Gasteiger partial charge is 0.0611 e. The summed E-state index contributed by atoms with van der Waals surface area (Å²) in [4.78, 5) is 2.61. The summed E-state index contributed by atoms with van der Waals surface area (Å²) < 4.78 is 5.63. The third kappa shape index (κ3) is 3.19. The van der Waals surface area contributed by atoms with Crippen molar-refractivity contribution in [1.82, 2.24) is 10.2 Å². The van der Waals surface area contributed by atoms with E-state index in [1.54, 1.807) is 0 Å². The number of rotatable bonds is 3. The maximum atomic E-state index is 5.63. The molecule has 94 valence electrons. The molecule has 0 spiro atoms. The predicted octanol–water partition coefficient (Wildman–Crippen LogP) is 1.49. The number of ether oxygens (including phenoxy) is 1. The van der Waals surface area contributed by atoms with Crippen LogP contribution in [-0.2, 0) is 4.74 Å². The molecule has 1 aliphatic heterocycles. The molecule has 3 nitrogen and oxygen atoms in total. The lowest BCUT2D eigenvalue weighted by Gasteiger charge is -2.38. The van der Waals surface area contributed by atoms with Crippen molar-refractivity contribution in [3.05, 3.63) is 0 Å². The van der Waals surface area contributed by atoms with E-state index < -0.39 is 0 Å². The molecule has 0 amide bonds. The van der Waals surface area contributed by atoms with E-state index in [4.69, 9.17) is 4.74 Å². The highest BCUT2D eigenvalue weighted by Gasteiger charge is 2.27. The van der Waals surface area contributed by atoms with Crippen LogP contribution in [0, 0.1) is 5.92 Å². The first-order valence-electron chi connectivity index (χ1n) is 6.78. The molecule has 16 heavy (non-hydrogen) atoms. The van der Waals surface area contributed by atoms with Crippen molar-refractivity contribution in [1.29, 1.82) is 0 Å². The van der Waals surface area contributed by atoms with Gasteiger partial charge in [-0.25, -0.2) is 0 Å². The third-order valence-electron chi connectivity index (χ3n) is 4.09. The fraction of sp³-hybridized carbons (Fsp3) is 1.00. The van der Waals surface area contributed by atoms with Gasteiger partial charge in [-0.15, -0.1) is 0 Å². The lowest BCUT2D eigenvalue weighted by Crippen LogP contribution is -2.51. The third-order valence-corrected chi connectivity index (χ3v) is 4.09. The summed E-state index contributed by atoms with van der Waals surface area (Å²) in [6.45, 7) is 7.07. The van der Waals surface area contributed by atoms with Crippen molar-refractivity contribution in [3.8, 4) is 0 Å². The van der Waals surface area contributed by atoms with Gasteiger partial charge >= 0.3 is 0 Å². The molecular formula is C13H26N2O. The van der Waals surface area contributed by atoms with Crippen molar-refractivity contribution in [2.45, 2.75) is 44.8 Å². The first kappa shape index (κ1) is 12.3. The van der Waals surface area contributed by atoms with Crippen molar-refractivity contribution in [2.75, 3.05) is 33.3 Å². The van der Waals surface area contributed by atoms with E-state index in [-0.39, 0.29) is 0 Å². The Kier molecular flexibility index (Phi) is 4.62. The fourth-order valence-electron chi connectivity index (χ4n) is 3.20. The van der Waals surface area contributed by atoms with Crippen molar-refractivity contribution in [3.63, 3.8) is 0 Å². The van der Waals surface area contributed by atoms with E-state index in [1.807, 2.05) is 7.11 Å². The van der Waals surface area contributed by atoms with Crippen LogP contribution >= 0.6 is 0 Å². The highest BCUT2D eigenvalue weighted by atomic mass is 16.5. The molecule has 0 aromatic carbocycles. The van der Waals surface area contributed by atoms with E-state index >= 15 is 0 Å². The first-order chi connectivity index (χ1) is 7.79. The first-order valence-corrected chi connectivity index (χ1v) is 6.78. The van der Waals surface area contributed by atoms with Gasteiger partial charge in [0.2, 0.25) is 0 Å². The average Bonchev–Trinajstić information content (AvgIpc) is 2.30. The Morgan fingerprint density at radius 2 is 2.12 bits per heavy atom. The zero-order valence-electron chi connectivity index (χ0n) is 10.7. The van der Waals surface area contributed by atoms with E-state index in [2.05, 4.69) is 17.1 Å². The van der Waals surface area contributed by atoms with Crippen LogP contribution in [-0.4, -0.2) is 50.3 Å². The van der Waals surface area contributed by atoms with E-state index in [0.29, 0.717) is 12.1 Å². The van der Waals surface area contributed by atoms with Gasteiger partial charge in [-0.2, -0.15) is 0 Å². The Balaban J connectivity index is 1.82. The second-order valence-electron chi connectivity index (χ2n) is 5.43. The molecule has 1 saturated carbocycles. The molecule has 0 radical (unpaired) electrons. The van der Waals surface area contributed by atoms with Crippen LogP contribution in [0.3, 0.4) is 0 Å².